The van der Waals surface area contributed by atoms with Crippen LogP contribution in [0.25, 0.3) is 0 Å². The number of carbonyl (C=O) groups is 1. The molecule has 1 unspecified atom stereocenters. The van der Waals surface area contributed by atoms with Gasteiger partial charge in [0, 0.05) is 19.2 Å². The molecule has 2 aliphatic rings. The van der Waals surface area contributed by atoms with E-state index < -0.39 is 12.3 Å². The van der Waals surface area contributed by atoms with Gasteiger partial charge in [0.2, 0.25) is 12.0 Å². The zero-order valence-electron chi connectivity index (χ0n) is 10.6. The average molecular weight is 266 g/mol. The molecule has 1 amide bonds. The minimum Gasteiger partial charge on any atom is -0.453 e. The number of ether oxygens (including phenoxy) is 1. The lowest BCUT2D eigenvalue weighted by atomic mass is 10.2. The number of hydrogen-bond donors (Lipinski definition) is 2. The van der Waals surface area contributed by atoms with Crippen molar-refractivity contribution in [3.63, 3.8) is 0 Å². The molecule has 19 heavy (non-hydrogen) atoms. The first-order valence-electron chi connectivity index (χ1n) is 5.88. The lowest BCUT2D eigenvalue weighted by Gasteiger charge is -2.25. The molecule has 0 bridgehead atoms. The van der Waals surface area contributed by atoms with Gasteiger partial charge in [-0.1, -0.05) is 22.1 Å². The quantitative estimate of drug-likeness (QED) is 0.536. The van der Waals surface area contributed by atoms with Crippen LogP contribution in [0.3, 0.4) is 0 Å². The van der Waals surface area contributed by atoms with Crippen molar-refractivity contribution in [2.45, 2.75) is 12.6 Å². The van der Waals surface area contributed by atoms with Crippen LogP contribution in [-0.4, -0.2) is 48.1 Å². The fourth-order valence-corrected chi connectivity index (χ4v) is 1.86. The van der Waals surface area contributed by atoms with Crippen LogP contribution in [0.15, 0.2) is 29.0 Å². The number of nitrogens with zero attached hydrogens (tertiary/aromatic N) is 3. The largest absolute Gasteiger partial charge is 0.453 e. The Hall–Kier alpha value is -2.38. The van der Waals surface area contributed by atoms with Crippen LogP contribution < -0.4 is 11.1 Å². The summed E-state index contributed by atoms with van der Waals surface area (Å²) in [5, 5.41) is 2.39. The molecule has 0 saturated heterocycles. The standard InChI is InChI=1S/C11H15N5O3/c1-19-11(17)14-9-7-8(13-10(12)16(9)18)15-5-3-2-4-6-15/h2-3,7,9H,4-6H2,1H3,(H2-,12,13,14,17)/p+1. The summed E-state index contributed by atoms with van der Waals surface area (Å²) in [6.45, 7) is 1.50. The molecule has 0 aromatic carbocycles. The van der Waals surface area contributed by atoms with Gasteiger partial charge in [-0.15, -0.1) is 0 Å². The molecule has 0 radical (unpaired) electrons. The maximum Gasteiger partial charge on any atom is 0.430 e. The average Bonchev–Trinajstić information content (AvgIpc) is 2.44. The zero-order valence-corrected chi connectivity index (χ0v) is 10.6. The highest BCUT2D eigenvalue weighted by atomic mass is 16.5. The Labute approximate surface area is 110 Å². The van der Waals surface area contributed by atoms with Crippen molar-refractivity contribution in [3.8, 4) is 0 Å². The first-order chi connectivity index (χ1) is 9.11. The van der Waals surface area contributed by atoms with E-state index in [1.54, 1.807) is 6.08 Å². The van der Waals surface area contributed by atoms with E-state index in [4.69, 9.17) is 5.73 Å². The van der Waals surface area contributed by atoms with Crippen molar-refractivity contribution >= 4 is 12.1 Å². The summed E-state index contributed by atoms with van der Waals surface area (Å²) in [6.07, 6.45) is 4.95. The second kappa shape index (κ2) is 5.51. The van der Waals surface area contributed by atoms with Crippen molar-refractivity contribution in [2.24, 2.45) is 10.7 Å². The van der Waals surface area contributed by atoms with E-state index in [0.717, 1.165) is 13.0 Å². The number of amides is 1. The summed E-state index contributed by atoms with van der Waals surface area (Å²) in [5.74, 6) is 0.392. The molecule has 0 spiro atoms. The van der Waals surface area contributed by atoms with Gasteiger partial charge in [-0.05, 0) is 11.2 Å². The van der Waals surface area contributed by atoms with Crippen LogP contribution >= 0.6 is 0 Å². The first-order valence-corrected chi connectivity index (χ1v) is 5.88. The van der Waals surface area contributed by atoms with Crippen molar-refractivity contribution in [1.82, 2.24) is 10.2 Å². The molecule has 1 atom stereocenters. The van der Waals surface area contributed by atoms with Gasteiger partial charge in [-0.3, -0.25) is 11.1 Å². The predicted molar refractivity (Wildman–Crippen MR) is 68.0 cm³/mol. The lowest BCUT2D eigenvalue weighted by molar-refractivity contribution is -0.471. The van der Waals surface area contributed by atoms with Crippen molar-refractivity contribution < 1.29 is 14.3 Å². The van der Waals surface area contributed by atoms with Crippen LogP contribution in [0, 0.1) is 4.91 Å². The van der Waals surface area contributed by atoms with E-state index >= 15 is 0 Å². The van der Waals surface area contributed by atoms with E-state index in [9.17, 15) is 9.70 Å². The number of aliphatic imine (C=N–C) groups is 1. The second-order valence-corrected chi connectivity index (χ2v) is 4.11. The zero-order chi connectivity index (χ0) is 13.8. The number of carbonyl (C=O) groups excluding carboxylic acids is 1. The maximum atomic E-state index is 11.7. The molecule has 0 aromatic heterocycles. The van der Waals surface area contributed by atoms with E-state index in [-0.39, 0.29) is 5.96 Å². The van der Waals surface area contributed by atoms with Gasteiger partial charge in [-0.25, -0.2) is 4.79 Å². The molecule has 2 heterocycles. The molecule has 2 aliphatic heterocycles. The van der Waals surface area contributed by atoms with E-state index in [1.807, 2.05) is 11.0 Å². The summed E-state index contributed by atoms with van der Waals surface area (Å²) < 4.78 is 4.90. The van der Waals surface area contributed by atoms with Gasteiger partial charge in [0.15, 0.2) is 0 Å². The Morgan fingerprint density at radius 3 is 3.05 bits per heavy atom. The van der Waals surface area contributed by atoms with Crippen molar-refractivity contribution in [1.29, 1.82) is 0 Å². The highest BCUT2D eigenvalue weighted by Crippen LogP contribution is 2.15. The molecule has 8 nitrogen and oxygen atoms in total. The van der Waals surface area contributed by atoms with Crippen LogP contribution in [0.2, 0.25) is 0 Å². The topological polar surface area (TPSA) is 100 Å². The number of nitrogens with one attached hydrogen (secondary N) is 1. The molecule has 8 heteroatoms. The third-order valence-electron chi connectivity index (χ3n) is 2.85. The molecule has 0 saturated carbocycles. The summed E-state index contributed by atoms with van der Waals surface area (Å²) in [5.41, 5.74) is 5.57. The summed E-state index contributed by atoms with van der Waals surface area (Å²) in [7, 11) is 1.23. The van der Waals surface area contributed by atoms with Gasteiger partial charge >= 0.3 is 12.1 Å². The normalized spacial score (nSPS) is 22.7. The predicted octanol–water partition coefficient (Wildman–Crippen LogP) is -0.121. The third-order valence-corrected chi connectivity index (χ3v) is 2.85. The van der Waals surface area contributed by atoms with E-state index in [1.165, 1.54) is 7.11 Å². The molecule has 0 fully saturated rings. The minimum atomic E-state index is -0.911. The highest BCUT2D eigenvalue weighted by molar-refractivity contribution is 5.73. The van der Waals surface area contributed by atoms with Crippen molar-refractivity contribution in [2.75, 3.05) is 20.2 Å². The lowest BCUT2D eigenvalue weighted by Crippen LogP contribution is -2.48. The van der Waals surface area contributed by atoms with Gasteiger partial charge in [0.1, 0.15) is 0 Å². The van der Waals surface area contributed by atoms with Gasteiger partial charge in [0.25, 0.3) is 0 Å². The molecule has 0 aromatic rings. The van der Waals surface area contributed by atoms with Crippen LogP contribution in [-0.2, 0) is 4.74 Å². The number of nitrogens with two attached hydrogens (primary N) is 1. The number of guanidine groups is 1. The van der Waals surface area contributed by atoms with Gasteiger partial charge in [0.05, 0.1) is 7.11 Å². The van der Waals surface area contributed by atoms with Crippen molar-refractivity contribution in [3.05, 3.63) is 29.0 Å². The molecular formula is C11H16N5O3+. The molecule has 2 rings (SSSR count). The molecule has 0 aliphatic carbocycles. The fraction of sp³-hybridized carbons (Fsp3) is 0.455. The monoisotopic (exact) mass is 266 g/mol. The maximum absolute atomic E-state index is 11.7. The highest BCUT2D eigenvalue weighted by Gasteiger charge is 2.32. The summed E-state index contributed by atoms with van der Waals surface area (Å²) >= 11 is 0. The molecular weight excluding hydrogens is 250 g/mol. The Balaban J connectivity index is 2.17. The number of rotatable bonds is 2. The fourth-order valence-electron chi connectivity index (χ4n) is 1.86. The number of hydrogen-bond acceptors (Lipinski definition) is 6. The molecule has 3 N–H and O–H groups in total. The smallest absolute Gasteiger partial charge is 0.430 e. The van der Waals surface area contributed by atoms with Crippen LogP contribution in [0.5, 0.6) is 0 Å². The van der Waals surface area contributed by atoms with E-state index in [0.29, 0.717) is 17.1 Å². The SMILES string of the molecule is COC(=O)NC1C=C(N2CC=CCC2)N=C(N)[N+]1=O. The van der Waals surface area contributed by atoms with Gasteiger partial charge in [-0.2, -0.15) is 0 Å². The minimum absolute atomic E-state index is 0.187. The van der Waals surface area contributed by atoms with Crippen LogP contribution in [0.1, 0.15) is 6.42 Å². The number of alkyl carbamates (subject to hydrolysis) is 1. The number of nitroso groups, excluding NO2 is 1. The molecule has 102 valence electrons. The summed E-state index contributed by atoms with van der Waals surface area (Å²) in [4.78, 5) is 28.9. The van der Waals surface area contributed by atoms with Crippen LogP contribution in [0.4, 0.5) is 4.79 Å². The Morgan fingerprint density at radius 1 is 1.63 bits per heavy atom. The second-order valence-electron chi connectivity index (χ2n) is 4.11. The summed E-state index contributed by atoms with van der Waals surface area (Å²) in [6, 6.07) is 0. The Kier molecular flexibility index (Phi) is 3.79. The third kappa shape index (κ3) is 2.90. The van der Waals surface area contributed by atoms with Gasteiger partial charge < -0.3 is 9.64 Å². The Morgan fingerprint density at radius 2 is 2.42 bits per heavy atom. The van der Waals surface area contributed by atoms with E-state index in [2.05, 4.69) is 21.1 Å². The Bertz CT molecular complexity index is 483. The first kappa shape index (κ1) is 13.1. The number of methoxy groups -OCH3 is 1.